The Kier molecular flexibility index (Phi) is 4.80. The van der Waals surface area contributed by atoms with Crippen LogP contribution in [-0.4, -0.2) is 28.2 Å². The second-order valence-electron chi connectivity index (χ2n) is 5.91. The summed E-state index contributed by atoms with van der Waals surface area (Å²) in [6.07, 6.45) is 0.803. The number of nitriles is 1. The van der Waals surface area contributed by atoms with Crippen molar-refractivity contribution in [3.8, 4) is 11.8 Å². The summed E-state index contributed by atoms with van der Waals surface area (Å²) >= 11 is 0. The summed E-state index contributed by atoms with van der Waals surface area (Å²) in [4.78, 5) is 23.4. The van der Waals surface area contributed by atoms with Gasteiger partial charge in [-0.25, -0.2) is 4.68 Å². The van der Waals surface area contributed by atoms with Crippen LogP contribution >= 0.6 is 0 Å². The number of carbonyl (C=O) groups is 2. The fraction of sp³-hybridized carbons (Fsp3) is 0.333. The molecule has 128 valence electrons. The molecule has 7 nitrogen and oxygen atoms in total. The van der Waals surface area contributed by atoms with E-state index in [-0.39, 0.29) is 24.4 Å². The Morgan fingerprint density at radius 1 is 1.44 bits per heavy atom. The van der Waals surface area contributed by atoms with Gasteiger partial charge >= 0.3 is 5.97 Å². The van der Waals surface area contributed by atoms with Crippen molar-refractivity contribution < 1.29 is 14.3 Å². The molecule has 0 spiro atoms. The third-order valence-corrected chi connectivity index (χ3v) is 4.22. The first-order valence-corrected chi connectivity index (χ1v) is 8.07. The van der Waals surface area contributed by atoms with Crippen molar-refractivity contribution in [1.82, 2.24) is 15.1 Å². The van der Waals surface area contributed by atoms with Crippen LogP contribution in [0.15, 0.2) is 30.3 Å². The van der Waals surface area contributed by atoms with Crippen LogP contribution in [-0.2, 0) is 20.9 Å². The lowest BCUT2D eigenvalue weighted by molar-refractivity contribution is -0.151. The van der Waals surface area contributed by atoms with Gasteiger partial charge in [-0.05, 0) is 25.5 Å². The number of para-hydroxylation sites is 1. The zero-order valence-corrected chi connectivity index (χ0v) is 13.9. The van der Waals surface area contributed by atoms with E-state index in [9.17, 15) is 14.9 Å². The summed E-state index contributed by atoms with van der Waals surface area (Å²) in [5.74, 6) is -0.770. The van der Waals surface area contributed by atoms with Crippen LogP contribution in [0.1, 0.15) is 29.8 Å². The Morgan fingerprint density at radius 2 is 2.20 bits per heavy atom. The molecule has 0 unspecified atom stereocenters. The van der Waals surface area contributed by atoms with Gasteiger partial charge in [0.05, 0.1) is 23.0 Å². The first-order valence-electron chi connectivity index (χ1n) is 8.07. The number of aryl methyl sites for hydroxylation is 1. The summed E-state index contributed by atoms with van der Waals surface area (Å²) in [5, 5.41) is 16.5. The SMILES string of the molecule is Cc1nn(-c2ccccc2)c(COC(=O)[C@H]2CCC(=O)NC2)c1C#N. The van der Waals surface area contributed by atoms with E-state index in [2.05, 4.69) is 16.5 Å². The third-order valence-electron chi connectivity index (χ3n) is 4.22. The summed E-state index contributed by atoms with van der Waals surface area (Å²) in [6.45, 7) is 2.00. The number of esters is 1. The maximum absolute atomic E-state index is 12.2. The molecular formula is C18H18N4O3. The van der Waals surface area contributed by atoms with E-state index in [0.29, 0.717) is 36.3 Å². The van der Waals surface area contributed by atoms with E-state index >= 15 is 0 Å². The van der Waals surface area contributed by atoms with Crippen molar-refractivity contribution >= 4 is 11.9 Å². The molecule has 1 aliphatic heterocycles. The van der Waals surface area contributed by atoms with Crippen LogP contribution in [0, 0.1) is 24.2 Å². The second kappa shape index (κ2) is 7.18. The lowest BCUT2D eigenvalue weighted by Gasteiger charge is -2.21. The van der Waals surface area contributed by atoms with Crippen LogP contribution in [0.3, 0.4) is 0 Å². The molecule has 1 atom stereocenters. The summed E-state index contributed by atoms with van der Waals surface area (Å²) in [5.41, 5.74) is 2.33. The number of benzene rings is 1. The van der Waals surface area contributed by atoms with E-state index in [1.54, 1.807) is 11.6 Å². The Balaban J connectivity index is 1.79. The zero-order valence-electron chi connectivity index (χ0n) is 13.9. The number of nitrogens with zero attached hydrogens (tertiary/aromatic N) is 3. The minimum atomic E-state index is -0.373. The molecule has 2 aromatic rings. The normalized spacial score (nSPS) is 16.8. The smallest absolute Gasteiger partial charge is 0.311 e. The zero-order chi connectivity index (χ0) is 17.8. The number of nitrogens with one attached hydrogen (secondary N) is 1. The molecule has 0 radical (unpaired) electrons. The van der Waals surface area contributed by atoms with Crippen molar-refractivity contribution in [2.24, 2.45) is 5.92 Å². The second-order valence-corrected chi connectivity index (χ2v) is 5.91. The molecule has 25 heavy (non-hydrogen) atoms. The van der Waals surface area contributed by atoms with E-state index in [4.69, 9.17) is 4.74 Å². The first-order chi connectivity index (χ1) is 12.1. The van der Waals surface area contributed by atoms with Gasteiger partial charge in [-0.15, -0.1) is 0 Å². The van der Waals surface area contributed by atoms with Gasteiger partial charge in [0.15, 0.2) is 0 Å². The largest absolute Gasteiger partial charge is 0.459 e. The monoisotopic (exact) mass is 338 g/mol. The van der Waals surface area contributed by atoms with Crippen molar-refractivity contribution in [2.75, 3.05) is 6.54 Å². The maximum Gasteiger partial charge on any atom is 0.311 e. The highest BCUT2D eigenvalue weighted by molar-refractivity contribution is 5.81. The number of amides is 1. The van der Waals surface area contributed by atoms with Crippen LogP contribution in [0.5, 0.6) is 0 Å². The van der Waals surface area contributed by atoms with Crippen LogP contribution in [0.2, 0.25) is 0 Å². The quantitative estimate of drug-likeness (QED) is 0.855. The molecule has 0 aliphatic carbocycles. The van der Waals surface area contributed by atoms with E-state index in [1.807, 2.05) is 30.3 Å². The first kappa shape index (κ1) is 16.7. The Morgan fingerprint density at radius 3 is 2.84 bits per heavy atom. The highest BCUT2D eigenvalue weighted by Crippen LogP contribution is 2.20. The number of rotatable bonds is 4. The number of piperidine rings is 1. The van der Waals surface area contributed by atoms with E-state index in [1.165, 1.54) is 0 Å². The van der Waals surface area contributed by atoms with Crippen molar-refractivity contribution in [2.45, 2.75) is 26.4 Å². The number of hydrogen-bond donors (Lipinski definition) is 1. The van der Waals surface area contributed by atoms with Crippen LogP contribution in [0.25, 0.3) is 5.69 Å². The van der Waals surface area contributed by atoms with Gasteiger partial charge in [-0.1, -0.05) is 18.2 Å². The number of carbonyl (C=O) groups excluding carboxylic acids is 2. The minimum Gasteiger partial charge on any atom is -0.459 e. The summed E-state index contributed by atoms with van der Waals surface area (Å²) in [7, 11) is 0. The van der Waals surface area contributed by atoms with Gasteiger partial charge in [0.2, 0.25) is 5.91 Å². The lowest BCUT2D eigenvalue weighted by Crippen LogP contribution is -2.39. The van der Waals surface area contributed by atoms with Gasteiger partial charge in [-0.3, -0.25) is 9.59 Å². The van der Waals surface area contributed by atoms with Gasteiger partial charge < -0.3 is 10.1 Å². The highest BCUT2D eigenvalue weighted by atomic mass is 16.5. The molecule has 1 aromatic heterocycles. The van der Waals surface area contributed by atoms with E-state index in [0.717, 1.165) is 5.69 Å². The summed E-state index contributed by atoms with van der Waals surface area (Å²) < 4.78 is 7.05. The topological polar surface area (TPSA) is 97.0 Å². The van der Waals surface area contributed by atoms with Crippen molar-refractivity contribution in [1.29, 1.82) is 5.26 Å². The van der Waals surface area contributed by atoms with Crippen molar-refractivity contribution in [3.05, 3.63) is 47.3 Å². The molecule has 1 aliphatic rings. The molecule has 2 heterocycles. The Labute approximate surface area is 145 Å². The molecule has 0 bridgehead atoms. The Hall–Kier alpha value is -3.14. The molecule has 0 saturated carbocycles. The lowest BCUT2D eigenvalue weighted by atomic mass is 9.99. The van der Waals surface area contributed by atoms with E-state index < -0.39 is 0 Å². The molecule has 1 amide bonds. The molecule has 1 fully saturated rings. The van der Waals surface area contributed by atoms with Crippen molar-refractivity contribution in [3.63, 3.8) is 0 Å². The van der Waals surface area contributed by atoms with Crippen LogP contribution < -0.4 is 5.32 Å². The highest BCUT2D eigenvalue weighted by Gasteiger charge is 2.26. The standard InChI is InChI=1S/C18H18N4O3/c1-12-15(9-19)16(22(21-12)14-5-3-2-4-6-14)11-25-18(24)13-7-8-17(23)20-10-13/h2-6,13H,7-8,10-11H2,1H3,(H,20,23)/t13-/m0/s1. The average Bonchev–Trinajstić information content (AvgIpc) is 2.96. The number of hydrogen-bond acceptors (Lipinski definition) is 5. The van der Waals surface area contributed by atoms with Gasteiger partial charge in [0.1, 0.15) is 18.2 Å². The molecule has 1 aromatic carbocycles. The average molecular weight is 338 g/mol. The predicted octanol–water partition coefficient (Wildman–Crippen LogP) is 1.62. The minimum absolute atomic E-state index is 0.0398. The Bertz CT molecular complexity index is 826. The van der Waals surface area contributed by atoms with Crippen LogP contribution in [0.4, 0.5) is 0 Å². The molecule has 3 rings (SSSR count). The number of aromatic nitrogens is 2. The summed E-state index contributed by atoms with van der Waals surface area (Å²) in [6, 6.07) is 11.5. The molecular weight excluding hydrogens is 320 g/mol. The molecule has 7 heteroatoms. The molecule has 1 N–H and O–H groups in total. The number of ether oxygens (including phenoxy) is 1. The fourth-order valence-corrected chi connectivity index (χ4v) is 2.83. The third kappa shape index (κ3) is 3.53. The van der Waals surface area contributed by atoms with Gasteiger partial charge in [-0.2, -0.15) is 10.4 Å². The maximum atomic E-state index is 12.2. The predicted molar refractivity (Wildman–Crippen MR) is 88.5 cm³/mol. The molecule has 1 saturated heterocycles. The van der Waals surface area contributed by atoms with Gasteiger partial charge in [0.25, 0.3) is 0 Å². The fourth-order valence-electron chi connectivity index (χ4n) is 2.83. The van der Waals surface area contributed by atoms with Gasteiger partial charge in [0, 0.05) is 13.0 Å².